The van der Waals surface area contributed by atoms with Gasteiger partial charge >= 0.3 is 0 Å². The zero-order valence-electron chi connectivity index (χ0n) is 16.9. The molecule has 0 N–H and O–H groups in total. The summed E-state index contributed by atoms with van der Waals surface area (Å²) in [5.74, 6) is 0.178. The fourth-order valence-electron chi connectivity index (χ4n) is 3.91. The van der Waals surface area contributed by atoms with E-state index in [1.807, 2.05) is 9.80 Å². The van der Waals surface area contributed by atoms with Crippen LogP contribution in [0.3, 0.4) is 0 Å². The molecule has 2 aromatic rings. The second-order valence-corrected chi connectivity index (χ2v) is 7.67. The van der Waals surface area contributed by atoms with Crippen molar-refractivity contribution in [3.8, 4) is 5.75 Å². The maximum Gasteiger partial charge on any atom is 0.257 e. The first-order chi connectivity index (χ1) is 14.5. The second-order valence-electron chi connectivity index (χ2n) is 7.67. The topological polar surface area (TPSA) is 76.9 Å². The van der Waals surface area contributed by atoms with Crippen molar-refractivity contribution >= 4 is 11.8 Å². The molecule has 2 fully saturated rings. The van der Waals surface area contributed by atoms with Gasteiger partial charge in [-0.25, -0.2) is 4.39 Å². The predicted octanol–water partition coefficient (Wildman–Crippen LogP) is 1.47. The molecule has 30 heavy (non-hydrogen) atoms. The number of aromatic nitrogens is 2. The van der Waals surface area contributed by atoms with Gasteiger partial charge in [-0.1, -0.05) is 0 Å². The average molecular weight is 416 g/mol. The molecule has 8 nitrogen and oxygen atoms in total. The van der Waals surface area contributed by atoms with Crippen LogP contribution in [0.4, 0.5) is 4.39 Å². The third-order valence-corrected chi connectivity index (χ3v) is 5.56. The minimum absolute atomic E-state index is 0.0201. The van der Waals surface area contributed by atoms with Crippen LogP contribution < -0.4 is 4.74 Å². The standard InChI is InChI=1S/C21H25FN4O4/c1-24-11-15(10-23-24)21(28)25-8-6-17(7-9-25)26-12-19(30-14-20(26)27)13-29-18-4-2-16(22)3-5-18/h2-5,10-11,17,19H,6-9,12-14H2,1H3. The summed E-state index contributed by atoms with van der Waals surface area (Å²) in [4.78, 5) is 28.7. The van der Waals surface area contributed by atoms with E-state index in [1.54, 1.807) is 36.3 Å². The molecule has 2 amide bonds. The van der Waals surface area contributed by atoms with E-state index in [0.717, 1.165) is 12.8 Å². The van der Waals surface area contributed by atoms with Crippen molar-refractivity contribution in [2.75, 3.05) is 32.8 Å². The van der Waals surface area contributed by atoms with Crippen molar-refractivity contribution in [3.63, 3.8) is 0 Å². The van der Waals surface area contributed by atoms with Crippen molar-refractivity contribution in [3.05, 3.63) is 48.0 Å². The Hall–Kier alpha value is -2.94. The van der Waals surface area contributed by atoms with E-state index in [9.17, 15) is 14.0 Å². The van der Waals surface area contributed by atoms with E-state index < -0.39 is 0 Å². The van der Waals surface area contributed by atoms with Crippen LogP contribution in [0.1, 0.15) is 23.2 Å². The number of hydrogen-bond acceptors (Lipinski definition) is 5. The molecule has 9 heteroatoms. The Labute approximate surface area is 174 Å². The zero-order chi connectivity index (χ0) is 21.1. The van der Waals surface area contributed by atoms with Gasteiger partial charge in [-0.15, -0.1) is 0 Å². The van der Waals surface area contributed by atoms with Crippen molar-refractivity contribution in [1.82, 2.24) is 19.6 Å². The monoisotopic (exact) mass is 416 g/mol. The number of benzene rings is 1. The van der Waals surface area contributed by atoms with Gasteiger partial charge in [0.05, 0.1) is 18.3 Å². The normalized spacial score (nSPS) is 20.5. The first-order valence-corrected chi connectivity index (χ1v) is 10.1. The highest BCUT2D eigenvalue weighted by Gasteiger charge is 2.35. The van der Waals surface area contributed by atoms with Gasteiger partial charge in [0.15, 0.2) is 0 Å². The molecule has 2 aliphatic rings. The molecule has 0 aliphatic carbocycles. The second kappa shape index (κ2) is 8.83. The highest BCUT2D eigenvalue weighted by molar-refractivity contribution is 5.93. The zero-order valence-corrected chi connectivity index (χ0v) is 16.9. The van der Waals surface area contributed by atoms with Gasteiger partial charge in [0.1, 0.15) is 30.9 Å². The molecule has 2 aliphatic heterocycles. The smallest absolute Gasteiger partial charge is 0.257 e. The van der Waals surface area contributed by atoms with E-state index in [4.69, 9.17) is 9.47 Å². The lowest BCUT2D eigenvalue weighted by Crippen LogP contribution is -2.55. The number of amides is 2. The SMILES string of the molecule is Cn1cc(C(=O)N2CCC(N3CC(COc4ccc(F)cc4)OCC3=O)CC2)cn1. The van der Waals surface area contributed by atoms with Crippen molar-refractivity contribution in [2.45, 2.75) is 25.0 Å². The summed E-state index contributed by atoms with van der Waals surface area (Å²) >= 11 is 0. The molecule has 0 bridgehead atoms. The Morgan fingerprint density at radius 3 is 2.67 bits per heavy atom. The number of carbonyl (C=O) groups excluding carboxylic acids is 2. The molecule has 3 heterocycles. The maximum atomic E-state index is 13.0. The van der Waals surface area contributed by atoms with Crippen LogP contribution >= 0.6 is 0 Å². The van der Waals surface area contributed by atoms with Gasteiger partial charge in [0.2, 0.25) is 5.91 Å². The van der Waals surface area contributed by atoms with Crippen molar-refractivity contribution in [2.24, 2.45) is 7.05 Å². The first-order valence-electron chi connectivity index (χ1n) is 10.1. The van der Waals surface area contributed by atoms with Crippen LogP contribution in [0.5, 0.6) is 5.75 Å². The predicted molar refractivity (Wildman–Crippen MR) is 105 cm³/mol. The van der Waals surface area contributed by atoms with E-state index in [-0.39, 0.29) is 43.0 Å². The largest absolute Gasteiger partial charge is 0.491 e. The van der Waals surface area contributed by atoms with Crippen molar-refractivity contribution in [1.29, 1.82) is 0 Å². The number of likely N-dealkylation sites (tertiary alicyclic amines) is 1. The highest BCUT2D eigenvalue weighted by atomic mass is 19.1. The molecular formula is C21H25FN4O4. The molecule has 1 aromatic heterocycles. The summed E-state index contributed by atoms with van der Waals surface area (Å²) in [6, 6.07) is 5.89. The molecule has 4 rings (SSSR count). The van der Waals surface area contributed by atoms with Crippen LogP contribution in [0, 0.1) is 5.82 Å². The molecule has 0 radical (unpaired) electrons. The Morgan fingerprint density at radius 2 is 2.00 bits per heavy atom. The Bertz CT molecular complexity index is 893. The molecule has 160 valence electrons. The van der Waals surface area contributed by atoms with Crippen LogP contribution in [-0.4, -0.2) is 76.4 Å². The minimum atomic E-state index is -0.318. The van der Waals surface area contributed by atoms with Gasteiger partial charge < -0.3 is 19.3 Å². The fraction of sp³-hybridized carbons (Fsp3) is 0.476. The molecule has 0 saturated carbocycles. The summed E-state index contributed by atoms with van der Waals surface area (Å²) in [5, 5.41) is 4.05. The number of aryl methyl sites for hydroxylation is 1. The lowest BCUT2D eigenvalue weighted by Gasteiger charge is -2.42. The lowest BCUT2D eigenvalue weighted by atomic mass is 10.0. The van der Waals surface area contributed by atoms with Crippen LogP contribution in [0.25, 0.3) is 0 Å². The fourth-order valence-corrected chi connectivity index (χ4v) is 3.91. The number of halogens is 1. The summed E-state index contributed by atoms with van der Waals surface area (Å²) in [7, 11) is 1.78. The van der Waals surface area contributed by atoms with Crippen molar-refractivity contribution < 1.29 is 23.5 Å². The molecule has 2 saturated heterocycles. The van der Waals surface area contributed by atoms with E-state index >= 15 is 0 Å². The molecule has 0 spiro atoms. The molecule has 1 aromatic carbocycles. The maximum absolute atomic E-state index is 13.0. The quantitative estimate of drug-likeness (QED) is 0.738. The van der Waals surface area contributed by atoms with Gasteiger partial charge in [-0.2, -0.15) is 5.10 Å². The van der Waals surface area contributed by atoms with Gasteiger partial charge in [-0.3, -0.25) is 14.3 Å². The number of ether oxygens (including phenoxy) is 2. The number of nitrogens with zero attached hydrogens (tertiary/aromatic N) is 4. The molecule has 1 unspecified atom stereocenters. The van der Waals surface area contributed by atoms with E-state index in [0.29, 0.717) is 30.9 Å². The van der Waals surface area contributed by atoms with E-state index in [2.05, 4.69) is 5.10 Å². The third kappa shape index (κ3) is 4.62. The lowest BCUT2D eigenvalue weighted by molar-refractivity contribution is -0.155. The first kappa shape index (κ1) is 20.3. The minimum Gasteiger partial charge on any atom is -0.491 e. The third-order valence-electron chi connectivity index (χ3n) is 5.56. The summed E-state index contributed by atoms with van der Waals surface area (Å²) in [6.07, 6.45) is 4.49. The van der Waals surface area contributed by atoms with E-state index in [1.165, 1.54) is 12.1 Å². The number of carbonyl (C=O) groups is 2. The Balaban J connectivity index is 1.29. The van der Waals surface area contributed by atoms with Gasteiger partial charge in [0.25, 0.3) is 5.91 Å². The number of rotatable bonds is 5. The van der Waals surface area contributed by atoms with Gasteiger partial charge in [0, 0.05) is 32.4 Å². The van der Waals surface area contributed by atoms with Crippen LogP contribution in [0.2, 0.25) is 0 Å². The summed E-state index contributed by atoms with van der Waals surface area (Å²) < 4.78 is 25.9. The number of morpholine rings is 1. The van der Waals surface area contributed by atoms with Gasteiger partial charge in [-0.05, 0) is 37.1 Å². The summed E-state index contributed by atoms with van der Waals surface area (Å²) in [5.41, 5.74) is 0.580. The average Bonchev–Trinajstić information content (AvgIpc) is 3.20. The molecular weight excluding hydrogens is 391 g/mol. The van der Waals surface area contributed by atoms with Crippen LogP contribution in [0.15, 0.2) is 36.7 Å². The number of piperidine rings is 1. The Kier molecular flexibility index (Phi) is 5.98. The number of hydrogen-bond donors (Lipinski definition) is 0. The Morgan fingerprint density at radius 1 is 1.27 bits per heavy atom. The molecule has 1 atom stereocenters. The summed E-state index contributed by atoms with van der Waals surface area (Å²) in [6.45, 7) is 1.95. The van der Waals surface area contributed by atoms with Crippen LogP contribution in [-0.2, 0) is 16.6 Å². The highest BCUT2D eigenvalue weighted by Crippen LogP contribution is 2.22.